The van der Waals surface area contributed by atoms with Gasteiger partial charge in [-0.2, -0.15) is 0 Å². The van der Waals surface area contributed by atoms with Crippen molar-refractivity contribution in [1.29, 1.82) is 0 Å². The molecule has 0 saturated carbocycles. The van der Waals surface area contributed by atoms with Gasteiger partial charge < -0.3 is 5.11 Å². The Morgan fingerprint density at radius 3 is 2.09 bits per heavy atom. The molecule has 1 aromatic rings. The van der Waals surface area contributed by atoms with Crippen LogP contribution < -0.4 is 0 Å². The van der Waals surface area contributed by atoms with Crippen LogP contribution in [0, 0.1) is 0 Å². The molecule has 1 N–H and O–H groups in total. The van der Waals surface area contributed by atoms with Gasteiger partial charge in [-0.3, -0.25) is 0 Å². The van der Waals surface area contributed by atoms with Gasteiger partial charge in [-0.15, -0.1) is 0 Å². The van der Waals surface area contributed by atoms with E-state index < -0.39 is 5.60 Å². The van der Waals surface area contributed by atoms with Crippen molar-refractivity contribution in [3.05, 3.63) is 35.4 Å². The molecule has 1 nitrogen and oxygen atoms in total. The Morgan fingerprint density at radius 1 is 0.909 bits per heavy atom. The number of aliphatic hydroxyl groups is 1. The van der Waals surface area contributed by atoms with Crippen molar-refractivity contribution in [2.24, 2.45) is 0 Å². The maximum absolute atomic E-state index is 11.0. The summed E-state index contributed by atoms with van der Waals surface area (Å²) in [4.78, 5) is 0. The highest BCUT2D eigenvalue weighted by Gasteiger charge is 2.31. The summed E-state index contributed by atoms with van der Waals surface area (Å²) >= 11 is 0. The van der Waals surface area contributed by atoms with Crippen molar-refractivity contribution in [1.82, 2.24) is 0 Å². The second kappa shape index (κ2) is 10.0. The van der Waals surface area contributed by atoms with Crippen molar-refractivity contribution in [2.45, 2.75) is 97.0 Å². The van der Waals surface area contributed by atoms with E-state index in [0.29, 0.717) is 0 Å². The van der Waals surface area contributed by atoms with Crippen molar-refractivity contribution in [2.75, 3.05) is 0 Å². The molecule has 0 spiro atoms. The van der Waals surface area contributed by atoms with E-state index >= 15 is 0 Å². The first-order chi connectivity index (χ1) is 10.5. The van der Waals surface area contributed by atoms with Crippen molar-refractivity contribution >= 4 is 0 Å². The van der Waals surface area contributed by atoms with Gasteiger partial charge in [0.15, 0.2) is 0 Å². The summed E-state index contributed by atoms with van der Waals surface area (Å²) < 4.78 is 0. The summed E-state index contributed by atoms with van der Waals surface area (Å²) in [5.41, 5.74) is 2.09. The summed E-state index contributed by atoms with van der Waals surface area (Å²) in [6, 6.07) is 8.89. The summed E-state index contributed by atoms with van der Waals surface area (Å²) in [6.45, 7) is 8.68. The molecule has 0 aliphatic rings. The van der Waals surface area contributed by atoms with E-state index in [0.717, 1.165) is 32.1 Å². The lowest BCUT2D eigenvalue weighted by molar-refractivity contribution is 0.0162. The van der Waals surface area contributed by atoms with E-state index in [2.05, 4.69) is 45.0 Å². The predicted molar refractivity (Wildman–Crippen MR) is 97.5 cm³/mol. The Hall–Kier alpha value is -0.820. The molecule has 0 fully saturated rings. The molecule has 22 heavy (non-hydrogen) atoms. The molecule has 0 aliphatic carbocycles. The highest BCUT2D eigenvalue weighted by atomic mass is 16.3. The first-order valence-corrected chi connectivity index (χ1v) is 9.36. The third kappa shape index (κ3) is 6.12. The van der Waals surface area contributed by atoms with Gasteiger partial charge in [0.2, 0.25) is 0 Å². The van der Waals surface area contributed by atoms with Crippen LogP contribution >= 0.6 is 0 Å². The maximum atomic E-state index is 11.0. The largest absolute Gasteiger partial charge is 0.390 e. The third-order valence-corrected chi connectivity index (χ3v) is 4.90. The molecule has 1 heteroatoms. The van der Waals surface area contributed by atoms with E-state index in [-0.39, 0.29) is 5.92 Å². The third-order valence-electron chi connectivity index (χ3n) is 4.90. The van der Waals surface area contributed by atoms with E-state index in [1.807, 2.05) is 6.92 Å². The first kappa shape index (κ1) is 19.2. The molecule has 0 amide bonds. The van der Waals surface area contributed by atoms with Gasteiger partial charge in [0.05, 0.1) is 5.60 Å². The fraction of sp³-hybridized carbons (Fsp3) is 0.714. The molecule has 0 aliphatic heterocycles. The van der Waals surface area contributed by atoms with Crippen molar-refractivity contribution < 1.29 is 5.11 Å². The lowest BCUT2D eigenvalue weighted by Crippen LogP contribution is -2.33. The molecule has 0 aromatic heterocycles. The van der Waals surface area contributed by atoms with E-state index in [1.165, 1.54) is 36.8 Å². The minimum absolute atomic E-state index is 0.259. The van der Waals surface area contributed by atoms with Crippen LogP contribution in [0.5, 0.6) is 0 Å². The number of hydrogen-bond donors (Lipinski definition) is 1. The average Bonchev–Trinajstić information content (AvgIpc) is 2.52. The van der Waals surface area contributed by atoms with Crippen molar-refractivity contribution in [3.63, 3.8) is 0 Å². The second-order valence-corrected chi connectivity index (χ2v) is 6.96. The monoisotopic (exact) mass is 304 g/mol. The van der Waals surface area contributed by atoms with Gasteiger partial charge in [-0.05, 0) is 37.3 Å². The fourth-order valence-corrected chi connectivity index (χ4v) is 3.37. The van der Waals surface area contributed by atoms with Gasteiger partial charge >= 0.3 is 0 Å². The molecule has 0 bridgehead atoms. The number of benzene rings is 1. The highest BCUT2D eigenvalue weighted by Crippen LogP contribution is 2.36. The van der Waals surface area contributed by atoms with Crippen LogP contribution in [0.25, 0.3) is 0 Å². The summed E-state index contributed by atoms with van der Waals surface area (Å²) in [6.07, 6.45) is 10.5. The van der Waals surface area contributed by atoms with Crippen LogP contribution in [0.15, 0.2) is 24.3 Å². The topological polar surface area (TPSA) is 20.2 Å². The normalized spacial score (nSPS) is 15.5. The van der Waals surface area contributed by atoms with Gasteiger partial charge in [0, 0.05) is 5.92 Å². The van der Waals surface area contributed by atoms with Crippen LogP contribution in [0.3, 0.4) is 0 Å². The molecular formula is C21H36O. The zero-order valence-corrected chi connectivity index (χ0v) is 15.2. The molecule has 2 unspecified atom stereocenters. The number of hydrogen-bond acceptors (Lipinski definition) is 1. The zero-order chi connectivity index (χ0) is 16.4. The molecule has 126 valence electrons. The predicted octanol–water partition coefficient (Wildman–Crippen LogP) is 6.24. The molecular weight excluding hydrogens is 268 g/mol. The molecule has 0 saturated heterocycles. The lowest BCUT2D eigenvalue weighted by Gasteiger charge is -2.34. The van der Waals surface area contributed by atoms with Crippen LogP contribution in [0.1, 0.15) is 96.1 Å². The number of rotatable bonds is 11. The highest BCUT2D eigenvalue weighted by molar-refractivity contribution is 5.27. The first-order valence-electron chi connectivity index (χ1n) is 9.36. The Morgan fingerprint density at radius 2 is 1.55 bits per heavy atom. The van der Waals surface area contributed by atoms with Crippen LogP contribution in [-0.4, -0.2) is 10.7 Å². The zero-order valence-electron chi connectivity index (χ0n) is 15.2. The maximum Gasteiger partial charge on any atom is 0.0688 e. The van der Waals surface area contributed by atoms with E-state index in [4.69, 9.17) is 0 Å². The lowest BCUT2D eigenvalue weighted by atomic mass is 9.77. The minimum atomic E-state index is -0.587. The standard InChI is InChI=1S/C21H36O/c1-5-8-9-10-11-17-21(4,22)20(12-6-2)19-15-13-18(7-3)14-16-19/h13-16,20,22H,5-12,17H2,1-4H3. The van der Waals surface area contributed by atoms with Crippen LogP contribution in [0.2, 0.25) is 0 Å². The Balaban J connectivity index is 2.69. The van der Waals surface area contributed by atoms with Crippen LogP contribution in [0.4, 0.5) is 0 Å². The van der Waals surface area contributed by atoms with E-state index in [9.17, 15) is 5.11 Å². The second-order valence-electron chi connectivity index (χ2n) is 6.96. The molecule has 1 rings (SSSR count). The van der Waals surface area contributed by atoms with Gasteiger partial charge in [-0.25, -0.2) is 0 Å². The molecule has 0 heterocycles. The Bertz CT molecular complexity index is 391. The summed E-state index contributed by atoms with van der Waals surface area (Å²) in [7, 11) is 0. The van der Waals surface area contributed by atoms with Gasteiger partial charge in [0.25, 0.3) is 0 Å². The van der Waals surface area contributed by atoms with E-state index in [1.54, 1.807) is 0 Å². The number of aryl methyl sites for hydroxylation is 1. The fourth-order valence-electron chi connectivity index (χ4n) is 3.37. The summed E-state index contributed by atoms with van der Waals surface area (Å²) in [5, 5.41) is 11.0. The molecule has 2 atom stereocenters. The Kier molecular flexibility index (Phi) is 8.78. The smallest absolute Gasteiger partial charge is 0.0688 e. The Labute approximate surface area is 138 Å². The average molecular weight is 305 g/mol. The van der Waals surface area contributed by atoms with Gasteiger partial charge in [0.1, 0.15) is 0 Å². The quantitative estimate of drug-likeness (QED) is 0.479. The summed E-state index contributed by atoms with van der Waals surface area (Å²) in [5.74, 6) is 0.259. The SMILES string of the molecule is CCCCCCCC(C)(O)C(CCC)c1ccc(CC)cc1. The van der Waals surface area contributed by atoms with Crippen molar-refractivity contribution in [3.8, 4) is 0 Å². The minimum Gasteiger partial charge on any atom is -0.390 e. The van der Waals surface area contributed by atoms with Gasteiger partial charge in [-0.1, -0.05) is 83.6 Å². The number of unbranched alkanes of at least 4 members (excludes halogenated alkanes) is 4. The molecule has 1 aromatic carbocycles. The molecule has 0 radical (unpaired) electrons. The van der Waals surface area contributed by atoms with Crippen LogP contribution in [-0.2, 0) is 6.42 Å².